The normalized spacial score (nSPS) is 19.2. The van der Waals surface area contributed by atoms with Gasteiger partial charge in [0.2, 0.25) is 0 Å². The molecule has 1 aliphatic heterocycles. The number of hydrogen-bond acceptors (Lipinski definition) is 5. The van der Waals surface area contributed by atoms with Crippen LogP contribution in [0.1, 0.15) is 33.6 Å². The fraction of sp³-hybridized carbons (Fsp3) is 0.667. The summed E-state index contributed by atoms with van der Waals surface area (Å²) in [4.78, 5) is 24.5. The molecule has 116 valence electrons. The van der Waals surface area contributed by atoms with Crippen molar-refractivity contribution in [3.63, 3.8) is 0 Å². The van der Waals surface area contributed by atoms with Crippen molar-refractivity contribution < 1.29 is 9.53 Å². The lowest BCUT2D eigenvalue weighted by molar-refractivity contribution is 0.0209. The molecular formula is C15H24N4O2. The second-order valence-electron chi connectivity index (χ2n) is 6.40. The molecule has 6 heteroatoms. The molecule has 0 N–H and O–H groups in total. The van der Waals surface area contributed by atoms with Crippen molar-refractivity contribution in [2.75, 3.05) is 25.0 Å². The first kappa shape index (κ1) is 15.5. The second kappa shape index (κ2) is 6.28. The number of likely N-dealkylation sites (N-methyl/N-ethyl adjacent to an activating group) is 1. The predicted molar refractivity (Wildman–Crippen MR) is 81.3 cm³/mol. The molecule has 21 heavy (non-hydrogen) atoms. The standard InChI is InChI=1S/C15H24N4O2/c1-15(2,3)21-14(20)18(4)12-6-5-9-19(11-12)13-10-16-7-8-17-13/h7-8,10,12H,5-6,9,11H2,1-4H3/t12-/m0/s1. The van der Waals surface area contributed by atoms with Gasteiger partial charge in [0.15, 0.2) is 0 Å². The minimum Gasteiger partial charge on any atom is -0.444 e. The molecule has 6 nitrogen and oxygen atoms in total. The summed E-state index contributed by atoms with van der Waals surface area (Å²) in [6, 6.07) is 0.135. The molecule has 2 heterocycles. The monoisotopic (exact) mass is 292 g/mol. The van der Waals surface area contributed by atoms with E-state index >= 15 is 0 Å². The average Bonchev–Trinajstić information content (AvgIpc) is 2.46. The molecule has 1 amide bonds. The number of nitrogens with zero attached hydrogens (tertiary/aromatic N) is 4. The van der Waals surface area contributed by atoms with Gasteiger partial charge in [0.05, 0.1) is 12.2 Å². The molecule has 0 radical (unpaired) electrons. The summed E-state index contributed by atoms with van der Waals surface area (Å²) in [7, 11) is 1.80. The summed E-state index contributed by atoms with van der Waals surface area (Å²) >= 11 is 0. The molecule has 1 fully saturated rings. The maximum Gasteiger partial charge on any atom is 0.410 e. The highest BCUT2D eigenvalue weighted by Crippen LogP contribution is 2.21. The lowest BCUT2D eigenvalue weighted by Gasteiger charge is -2.38. The first-order chi connectivity index (χ1) is 9.87. The molecule has 0 saturated carbocycles. The minimum absolute atomic E-state index is 0.135. The van der Waals surface area contributed by atoms with Crippen LogP contribution in [0.5, 0.6) is 0 Å². The summed E-state index contributed by atoms with van der Waals surface area (Å²) in [5.74, 6) is 0.861. The number of ether oxygens (including phenoxy) is 1. The molecule has 1 aliphatic rings. The van der Waals surface area contributed by atoms with Crippen LogP contribution in [-0.4, -0.2) is 52.7 Å². The Kier molecular flexibility index (Phi) is 4.65. The number of carbonyl (C=O) groups excluding carboxylic acids is 1. The molecule has 1 aromatic heterocycles. The van der Waals surface area contributed by atoms with Crippen molar-refractivity contribution in [1.82, 2.24) is 14.9 Å². The van der Waals surface area contributed by atoms with Crippen LogP contribution in [0.15, 0.2) is 18.6 Å². The quantitative estimate of drug-likeness (QED) is 0.837. The molecular weight excluding hydrogens is 268 g/mol. The molecule has 0 aliphatic carbocycles. The lowest BCUT2D eigenvalue weighted by Crippen LogP contribution is -2.50. The Labute approximate surface area is 126 Å². The van der Waals surface area contributed by atoms with E-state index in [1.54, 1.807) is 30.5 Å². The van der Waals surface area contributed by atoms with Crippen LogP contribution < -0.4 is 4.90 Å². The second-order valence-corrected chi connectivity index (χ2v) is 6.40. The summed E-state index contributed by atoms with van der Waals surface area (Å²) < 4.78 is 5.43. The summed E-state index contributed by atoms with van der Waals surface area (Å²) in [6.07, 6.45) is 6.85. The van der Waals surface area contributed by atoms with Crippen LogP contribution in [0.3, 0.4) is 0 Å². The molecule has 0 unspecified atom stereocenters. The van der Waals surface area contributed by atoms with Crippen LogP contribution in [0.25, 0.3) is 0 Å². The van der Waals surface area contributed by atoms with E-state index in [1.807, 2.05) is 20.8 Å². The van der Waals surface area contributed by atoms with Crippen LogP contribution in [0.4, 0.5) is 10.6 Å². The van der Waals surface area contributed by atoms with Crippen LogP contribution >= 0.6 is 0 Å². The maximum atomic E-state index is 12.2. The number of anilines is 1. The highest BCUT2D eigenvalue weighted by molar-refractivity contribution is 5.68. The van der Waals surface area contributed by atoms with E-state index in [-0.39, 0.29) is 12.1 Å². The predicted octanol–water partition coefficient (Wildman–Crippen LogP) is 2.31. The van der Waals surface area contributed by atoms with Crippen LogP contribution in [0, 0.1) is 0 Å². The van der Waals surface area contributed by atoms with Gasteiger partial charge in [-0.1, -0.05) is 0 Å². The third-order valence-corrected chi connectivity index (χ3v) is 3.50. The van der Waals surface area contributed by atoms with Gasteiger partial charge in [-0.2, -0.15) is 0 Å². The smallest absolute Gasteiger partial charge is 0.410 e. The van der Waals surface area contributed by atoms with E-state index in [0.717, 1.165) is 31.7 Å². The van der Waals surface area contributed by atoms with Gasteiger partial charge in [-0.25, -0.2) is 9.78 Å². The number of amides is 1. The van der Waals surface area contributed by atoms with Crippen molar-refractivity contribution in [3.05, 3.63) is 18.6 Å². The van der Waals surface area contributed by atoms with Crippen molar-refractivity contribution in [1.29, 1.82) is 0 Å². The Balaban J connectivity index is 1.99. The van der Waals surface area contributed by atoms with E-state index in [9.17, 15) is 4.79 Å². The van der Waals surface area contributed by atoms with Gasteiger partial charge in [-0.3, -0.25) is 4.98 Å². The van der Waals surface area contributed by atoms with Gasteiger partial charge in [-0.15, -0.1) is 0 Å². The topological polar surface area (TPSA) is 58.6 Å². The average molecular weight is 292 g/mol. The third-order valence-electron chi connectivity index (χ3n) is 3.50. The van der Waals surface area contributed by atoms with E-state index in [1.165, 1.54) is 0 Å². The molecule has 0 spiro atoms. The Hall–Kier alpha value is -1.85. The third kappa shape index (κ3) is 4.31. The van der Waals surface area contributed by atoms with Gasteiger partial charge < -0.3 is 14.5 Å². The number of hydrogen-bond donors (Lipinski definition) is 0. The first-order valence-electron chi connectivity index (χ1n) is 7.33. The Morgan fingerprint density at radius 2 is 2.19 bits per heavy atom. The summed E-state index contributed by atoms with van der Waals surface area (Å²) in [5, 5.41) is 0. The highest BCUT2D eigenvalue weighted by atomic mass is 16.6. The van der Waals surface area contributed by atoms with Gasteiger partial charge >= 0.3 is 6.09 Å². The van der Waals surface area contributed by atoms with Gasteiger partial charge in [0.25, 0.3) is 0 Å². The van der Waals surface area contributed by atoms with Crippen molar-refractivity contribution in [2.45, 2.75) is 45.3 Å². The molecule has 2 rings (SSSR count). The SMILES string of the molecule is CN(C(=O)OC(C)(C)C)[C@H]1CCCN(c2cnccn2)C1. The number of carbonyl (C=O) groups is 1. The summed E-state index contributed by atoms with van der Waals surface area (Å²) in [6.45, 7) is 7.34. The molecule has 1 aromatic rings. The van der Waals surface area contributed by atoms with Gasteiger partial charge in [0.1, 0.15) is 11.4 Å². The van der Waals surface area contributed by atoms with Crippen molar-refractivity contribution in [3.8, 4) is 0 Å². The Bertz CT molecular complexity index is 472. The molecule has 0 aromatic carbocycles. The zero-order chi connectivity index (χ0) is 15.5. The maximum absolute atomic E-state index is 12.2. The number of aromatic nitrogens is 2. The summed E-state index contributed by atoms with van der Waals surface area (Å²) in [5.41, 5.74) is -0.468. The minimum atomic E-state index is -0.468. The fourth-order valence-corrected chi connectivity index (χ4v) is 2.42. The first-order valence-corrected chi connectivity index (χ1v) is 7.33. The zero-order valence-electron chi connectivity index (χ0n) is 13.2. The number of rotatable bonds is 2. The van der Waals surface area contributed by atoms with Gasteiger partial charge in [0, 0.05) is 32.5 Å². The van der Waals surface area contributed by atoms with E-state index < -0.39 is 5.60 Å². The van der Waals surface area contributed by atoms with Crippen LogP contribution in [-0.2, 0) is 4.74 Å². The van der Waals surface area contributed by atoms with Crippen LogP contribution in [0.2, 0.25) is 0 Å². The highest BCUT2D eigenvalue weighted by Gasteiger charge is 2.29. The van der Waals surface area contributed by atoms with E-state index in [2.05, 4.69) is 14.9 Å². The molecule has 1 atom stereocenters. The van der Waals surface area contributed by atoms with E-state index in [4.69, 9.17) is 4.74 Å². The lowest BCUT2D eigenvalue weighted by atomic mass is 10.0. The fourth-order valence-electron chi connectivity index (χ4n) is 2.42. The van der Waals surface area contributed by atoms with Crippen molar-refractivity contribution >= 4 is 11.9 Å². The van der Waals surface area contributed by atoms with E-state index in [0.29, 0.717) is 0 Å². The van der Waals surface area contributed by atoms with Gasteiger partial charge in [-0.05, 0) is 33.6 Å². The molecule has 1 saturated heterocycles. The Morgan fingerprint density at radius 1 is 1.43 bits per heavy atom. The van der Waals surface area contributed by atoms with Crippen molar-refractivity contribution in [2.24, 2.45) is 0 Å². The molecule has 0 bridgehead atoms. The largest absolute Gasteiger partial charge is 0.444 e. The Morgan fingerprint density at radius 3 is 2.81 bits per heavy atom. The number of piperidine rings is 1. The zero-order valence-corrected chi connectivity index (χ0v) is 13.2.